The van der Waals surface area contributed by atoms with E-state index >= 15 is 0 Å². The number of carboxylic acid groups (broad SMARTS) is 1. The van der Waals surface area contributed by atoms with E-state index in [1.54, 1.807) is 0 Å². The highest BCUT2D eigenvalue weighted by Crippen LogP contribution is 2.37. The fourth-order valence-electron chi connectivity index (χ4n) is 4.01. The first-order chi connectivity index (χ1) is 12.5. The van der Waals surface area contributed by atoms with Crippen LogP contribution in [-0.2, 0) is 4.79 Å². The number of allylic oxidation sites excluding steroid dienone is 1. The lowest BCUT2D eigenvalue weighted by Crippen LogP contribution is -2.20. The van der Waals surface area contributed by atoms with Crippen LogP contribution in [0.3, 0.4) is 0 Å². The van der Waals surface area contributed by atoms with Crippen LogP contribution in [0.25, 0.3) is 0 Å². The number of unbranched alkanes of at least 4 members (excludes halogenated alkanes) is 3. The molecule has 1 aliphatic carbocycles. The molecule has 1 aliphatic rings. The number of carboxylic acids is 1. The molecule has 0 radical (unpaired) electrons. The van der Waals surface area contributed by atoms with E-state index in [1.807, 2.05) is 13.0 Å². The molecule has 148 valence electrons. The van der Waals surface area contributed by atoms with Gasteiger partial charge in [-0.1, -0.05) is 44.8 Å². The third kappa shape index (κ3) is 8.33. The molecule has 0 bridgehead atoms. The zero-order valence-corrected chi connectivity index (χ0v) is 16.0. The molecule has 26 heavy (non-hydrogen) atoms. The van der Waals surface area contributed by atoms with Gasteiger partial charge in [0.05, 0.1) is 18.3 Å². The number of hydrogen-bond donors (Lipinski definition) is 3. The molecule has 0 amide bonds. The number of rotatable bonds is 13. The molecule has 5 atom stereocenters. The predicted octanol–water partition coefficient (Wildman–Crippen LogP) is 4.05. The summed E-state index contributed by atoms with van der Waals surface area (Å²) in [5.74, 6) is -0.0886. The Hall–Kier alpha value is -1.38. The molecule has 5 unspecified atom stereocenters. The van der Waals surface area contributed by atoms with Gasteiger partial charge in [-0.25, -0.2) is 0 Å². The fraction of sp³-hybridized carbons (Fsp3) is 0.810. The summed E-state index contributed by atoms with van der Waals surface area (Å²) in [6, 6.07) is 2.14. The van der Waals surface area contributed by atoms with Gasteiger partial charge >= 0.3 is 5.97 Å². The summed E-state index contributed by atoms with van der Waals surface area (Å²) in [6.45, 7) is 2.03. The van der Waals surface area contributed by atoms with E-state index in [0.29, 0.717) is 18.8 Å². The van der Waals surface area contributed by atoms with Crippen LogP contribution in [-0.4, -0.2) is 33.5 Å². The van der Waals surface area contributed by atoms with Crippen molar-refractivity contribution in [2.24, 2.45) is 17.8 Å². The summed E-state index contributed by atoms with van der Waals surface area (Å²) in [7, 11) is 0. The van der Waals surface area contributed by atoms with E-state index in [1.165, 1.54) is 0 Å². The number of nitriles is 1. The lowest BCUT2D eigenvalue weighted by molar-refractivity contribution is -0.137. The van der Waals surface area contributed by atoms with Crippen LogP contribution in [0.4, 0.5) is 0 Å². The summed E-state index contributed by atoms with van der Waals surface area (Å²) in [4.78, 5) is 10.5. The number of aliphatic hydroxyl groups is 2. The molecular weight excluding hydrogens is 330 g/mol. The molecule has 1 rings (SSSR count). The van der Waals surface area contributed by atoms with Gasteiger partial charge in [0, 0.05) is 12.8 Å². The predicted molar refractivity (Wildman–Crippen MR) is 101 cm³/mol. The maximum absolute atomic E-state index is 10.5. The average Bonchev–Trinajstić information content (AvgIpc) is 2.96. The Morgan fingerprint density at radius 2 is 2.00 bits per heavy atom. The third-order valence-corrected chi connectivity index (χ3v) is 5.71. The minimum atomic E-state index is -0.736. The van der Waals surface area contributed by atoms with E-state index in [-0.39, 0.29) is 24.4 Å². The van der Waals surface area contributed by atoms with Crippen LogP contribution < -0.4 is 0 Å². The van der Waals surface area contributed by atoms with Gasteiger partial charge in [-0.15, -0.1) is 0 Å². The number of hydrogen-bond acceptors (Lipinski definition) is 4. The first-order valence-corrected chi connectivity index (χ1v) is 10.1. The summed E-state index contributed by atoms with van der Waals surface area (Å²) >= 11 is 0. The quantitative estimate of drug-likeness (QED) is 0.338. The molecule has 0 aromatic carbocycles. The van der Waals surface area contributed by atoms with E-state index in [0.717, 1.165) is 51.4 Å². The molecule has 0 saturated heterocycles. The highest BCUT2D eigenvalue weighted by molar-refractivity contribution is 5.66. The second-order valence-corrected chi connectivity index (χ2v) is 7.56. The Bertz CT molecular complexity index is 471. The molecule has 0 aliphatic heterocycles. The molecule has 0 spiro atoms. The van der Waals surface area contributed by atoms with Gasteiger partial charge in [-0.05, 0) is 49.9 Å². The highest BCUT2D eigenvalue weighted by atomic mass is 16.4. The molecule has 3 N–H and O–H groups in total. The van der Waals surface area contributed by atoms with Crippen LogP contribution in [0.15, 0.2) is 12.2 Å². The van der Waals surface area contributed by atoms with Crippen molar-refractivity contribution in [1.29, 1.82) is 5.26 Å². The Labute approximate surface area is 157 Å². The van der Waals surface area contributed by atoms with Crippen molar-refractivity contribution in [1.82, 2.24) is 0 Å². The van der Waals surface area contributed by atoms with Crippen LogP contribution in [0.1, 0.15) is 77.6 Å². The number of nitrogens with zero attached hydrogens (tertiary/aromatic N) is 1. The van der Waals surface area contributed by atoms with Crippen molar-refractivity contribution in [3.8, 4) is 6.07 Å². The highest BCUT2D eigenvalue weighted by Gasteiger charge is 2.32. The molecular formula is C21H35NO4. The third-order valence-electron chi connectivity index (χ3n) is 5.71. The van der Waals surface area contributed by atoms with E-state index in [2.05, 4.69) is 12.1 Å². The van der Waals surface area contributed by atoms with Crippen molar-refractivity contribution in [2.45, 2.75) is 89.8 Å². The minimum Gasteiger partial charge on any atom is -0.481 e. The van der Waals surface area contributed by atoms with Crippen molar-refractivity contribution < 1.29 is 20.1 Å². The van der Waals surface area contributed by atoms with Gasteiger partial charge in [-0.2, -0.15) is 5.26 Å². The van der Waals surface area contributed by atoms with E-state index < -0.39 is 12.1 Å². The average molecular weight is 366 g/mol. The summed E-state index contributed by atoms with van der Waals surface area (Å²) in [5.41, 5.74) is 0. The normalized spacial score (nSPS) is 25.2. The Kier molecular flexibility index (Phi) is 11.2. The summed E-state index contributed by atoms with van der Waals surface area (Å²) in [5, 5.41) is 38.0. The summed E-state index contributed by atoms with van der Waals surface area (Å²) < 4.78 is 0. The Balaban J connectivity index is 2.41. The molecule has 1 fully saturated rings. The molecule has 0 heterocycles. The van der Waals surface area contributed by atoms with Crippen molar-refractivity contribution in [2.75, 3.05) is 0 Å². The van der Waals surface area contributed by atoms with Gasteiger partial charge in [0.1, 0.15) is 0 Å². The lowest BCUT2D eigenvalue weighted by Gasteiger charge is -2.21. The zero-order valence-electron chi connectivity index (χ0n) is 16.0. The Morgan fingerprint density at radius 1 is 1.27 bits per heavy atom. The summed E-state index contributed by atoms with van der Waals surface area (Å²) in [6.07, 6.45) is 11.8. The van der Waals surface area contributed by atoms with E-state index in [4.69, 9.17) is 10.4 Å². The second-order valence-electron chi connectivity index (χ2n) is 7.56. The standard InChI is InChI=1S/C21H35NO4/c1-2-16(8-7-15-22)19(23)13-11-17-12-14-20(24)18(17)9-5-3-4-6-10-21(25)26/h11,13,16-20,23-24H,2-10,12,14H2,1H3,(H,25,26). The molecule has 0 aromatic heterocycles. The maximum Gasteiger partial charge on any atom is 0.303 e. The zero-order chi connectivity index (χ0) is 19.4. The van der Waals surface area contributed by atoms with E-state index in [9.17, 15) is 15.0 Å². The number of carbonyl (C=O) groups is 1. The topological polar surface area (TPSA) is 102 Å². The van der Waals surface area contributed by atoms with Gasteiger partial charge < -0.3 is 15.3 Å². The van der Waals surface area contributed by atoms with Crippen LogP contribution >= 0.6 is 0 Å². The van der Waals surface area contributed by atoms with Gasteiger partial charge in [-0.3, -0.25) is 4.79 Å². The maximum atomic E-state index is 10.5. The molecule has 0 aromatic rings. The minimum absolute atomic E-state index is 0.116. The first-order valence-electron chi connectivity index (χ1n) is 10.1. The SMILES string of the molecule is CCC(CCC#N)C(O)C=CC1CCC(O)C1CCCCCCC(=O)O. The monoisotopic (exact) mass is 365 g/mol. The van der Waals surface area contributed by atoms with Crippen LogP contribution in [0, 0.1) is 29.1 Å². The van der Waals surface area contributed by atoms with Gasteiger partial charge in [0.2, 0.25) is 0 Å². The molecule has 5 nitrogen and oxygen atoms in total. The van der Waals surface area contributed by atoms with Crippen molar-refractivity contribution in [3.63, 3.8) is 0 Å². The van der Waals surface area contributed by atoms with Crippen LogP contribution in [0.2, 0.25) is 0 Å². The smallest absolute Gasteiger partial charge is 0.303 e. The van der Waals surface area contributed by atoms with Gasteiger partial charge in [0.25, 0.3) is 0 Å². The number of aliphatic carboxylic acids is 1. The van der Waals surface area contributed by atoms with Crippen molar-refractivity contribution in [3.05, 3.63) is 12.2 Å². The number of aliphatic hydroxyl groups excluding tert-OH is 2. The molecule has 1 saturated carbocycles. The van der Waals surface area contributed by atoms with Crippen LogP contribution in [0.5, 0.6) is 0 Å². The lowest BCUT2D eigenvalue weighted by atomic mass is 9.87. The first kappa shape index (κ1) is 22.7. The van der Waals surface area contributed by atoms with Crippen molar-refractivity contribution >= 4 is 5.97 Å². The fourth-order valence-corrected chi connectivity index (χ4v) is 4.01. The largest absolute Gasteiger partial charge is 0.481 e. The second kappa shape index (κ2) is 12.9. The van der Waals surface area contributed by atoms with Gasteiger partial charge in [0.15, 0.2) is 0 Å². The molecule has 5 heteroatoms. The Morgan fingerprint density at radius 3 is 2.65 bits per heavy atom.